The predicted octanol–water partition coefficient (Wildman–Crippen LogP) is -1.63. The molecule has 0 fully saturated rings. The Morgan fingerprint density at radius 2 is 1.80 bits per heavy atom. The molecule has 8 nitrogen and oxygen atoms in total. The molecule has 15 heavy (non-hydrogen) atoms. The lowest BCUT2D eigenvalue weighted by molar-refractivity contribution is 0.0927. The Hall–Kier alpha value is -2.38. The fourth-order valence-corrected chi connectivity index (χ4v) is 1.29. The summed E-state index contributed by atoms with van der Waals surface area (Å²) in [5.74, 6) is -0.717. The summed E-state index contributed by atoms with van der Waals surface area (Å²) in [6.07, 6.45) is 0. The number of nitrogens with one attached hydrogen (secondary N) is 3. The summed E-state index contributed by atoms with van der Waals surface area (Å²) in [7, 11) is 0. The molecule has 0 aliphatic rings. The minimum atomic E-state index is -0.879. The summed E-state index contributed by atoms with van der Waals surface area (Å²) in [6, 6.07) is 0. The first-order valence-corrected chi connectivity index (χ1v) is 3.99. The van der Waals surface area contributed by atoms with E-state index in [1.54, 1.807) is 0 Å². The molecular weight excluding hydrogens is 204 g/mol. The molecule has 0 aliphatic heterocycles. The Labute approximate surface area is 80.6 Å². The van der Waals surface area contributed by atoms with Gasteiger partial charge in [0.1, 0.15) is 5.65 Å². The van der Waals surface area contributed by atoms with Crippen LogP contribution in [-0.2, 0) is 0 Å². The van der Waals surface area contributed by atoms with E-state index in [9.17, 15) is 19.2 Å². The lowest BCUT2D eigenvalue weighted by Crippen LogP contribution is -2.38. The van der Waals surface area contributed by atoms with Crippen LogP contribution in [0.4, 0.5) is 0 Å². The highest BCUT2D eigenvalue weighted by Gasteiger charge is 2.12. The molecule has 0 saturated carbocycles. The number of hydrogen-bond acceptors (Lipinski definition) is 4. The van der Waals surface area contributed by atoms with Crippen LogP contribution >= 0.6 is 0 Å². The zero-order chi connectivity index (χ0) is 11.2. The van der Waals surface area contributed by atoms with Gasteiger partial charge in [-0.15, -0.1) is 0 Å². The highest BCUT2D eigenvalue weighted by molar-refractivity contribution is 5.79. The molecule has 0 aromatic carbocycles. The highest BCUT2D eigenvalue weighted by atomic mass is 16.2. The van der Waals surface area contributed by atoms with Gasteiger partial charge >= 0.3 is 11.4 Å². The van der Waals surface area contributed by atoms with E-state index in [0.29, 0.717) is 4.57 Å². The van der Waals surface area contributed by atoms with Crippen LogP contribution in [0.1, 0.15) is 11.7 Å². The normalized spacial score (nSPS) is 10.7. The molecule has 2 aromatic rings. The second kappa shape index (κ2) is 2.80. The van der Waals surface area contributed by atoms with Crippen LogP contribution < -0.4 is 16.9 Å². The van der Waals surface area contributed by atoms with Gasteiger partial charge in [-0.05, 0) is 0 Å². The molecule has 0 spiro atoms. The first-order valence-electron chi connectivity index (χ1n) is 3.99. The maximum Gasteiger partial charge on any atom is 0.336 e. The van der Waals surface area contributed by atoms with E-state index in [0.717, 1.165) is 6.92 Å². The molecule has 78 valence electrons. The molecule has 0 unspecified atom stereocenters. The number of H-pyrrole nitrogens is 3. The van der Waals surface area contributed by atoms with Crippen molar-refractivity contribution in [3.63, 3.8) is 0 Å². The van der Waals surface area contributed by atoms with Crippen LogP contribution in [0, 0.1) is 0 Å². The lowest BCUT2D eigenvalue weighted by Gasteiger charge is -1.97. The molecule has 0 saturated heterocycles. The molecule has 0 amide bonds. The summed E-state index contributed by atoms with van der Waals surface area (Å²) in [6.45, 7) is 1.08. The highest BCUT2D eigenvalue weighted by Crippen LogP contribution is 1.91. The van der Waals surface area contributed by atoms with Crippen LogP contribution in [0.3, 0.4) is 0 Å². The number of imidazole rings is 1. The van der Waals surface area contributed by atoms with Gasteiger partial charge < -0.3 is 0 Å². The number of rotatable bonds is 0. The predicted molar refractivity (Wildman–Crippen MR) is 50.1 cm³/mol. The van der Waals surface area contributed by atoms with Crippen molar-refractivity contribution in [2.75, 3.05) is 0 Å². The van der Waals surface area contributed by atoms with E-state index >= 15 is 0 Å². The van der Waals surface area contributed by atoms with Crippen LogP contribution in [0.5, 0.6) is 0 Å². The van der Waals surface area contributed by atoms with Gasteiger partial charge in [-0.2, -0.15) is 4.57 Å². The van der Waals surface area contributed by atoms with E-state index in [1.807, 2.05) is 0 Å². The molecule has 0 atom stereocenters. The van der Waals surface area contributed by atoms with E-state index in [-0.39, 0.29) is 11.2 Å². The van der Waals surface area contributed by atoms with Gasteiger partial charge in [-0.3, -0.25) is 24.5 Å². The Morgan fingerprint density at radius 1 is 1.13 bits per heavy atom. The standard InChI is InChI=1S/C7H6N4O4/c1-2(12)11-5(13)3-4(10-7(11)15)9-6(14)8-3/h1H3,(H,10,15)(H2,8,9,14). The smallest absolute Gasteiger partial charge is 0.300 e. The zero-order valence-corrected chi connectivity index (χ0v) is 7.58. The summed E-state index contributed by atoms with van der Waals surface area (Å²) >= 11 is 0. The molecule has 8 heteroatoms. The average molecular weight is 210 g/mol. The second-order valence-electron chi connectivity index (χ2n) is 2.92. The lowest BCUT2D eigenvalue weighted by atomic mass is 10.5. The van der Waals surface area contributed by atoms with Crippen LogP contribution in [-0.4, -0.2) is 25.4 Å². The third kappa shape index (κ3) is 1.23. The minimum Gasteiger partial charge on any atom is -0.300 e. The van der Waals surface area contributed by atoms with Crippen molar-refractivity contribution < 1.29 is 4.79 Å². The number of fused-ring (bicyclic) bond motifs is 1. The topological polar surface area (TPSA) is 121 Å². The van der Waals surface area contributed by atoms with E-state index in [2.05, 4.69) is 15.0 Å². The third-order valence-corrected chi connectivity index (χ3v) is 1.89. The molecule has 2 aromatic heterocycles. The number of carbonyl (C=O) groups is 1. The van der Waals surface area contributed by atoms with Crippen molar-refractivity contribution in [3.8, 4) is 0 Å². The maximum atomic E-state index is 11.5. The fourth-order valence-electron chi connectivity index (χ4n) is 1.29. The van der Waals surface area contributed by atoms with Gasteiger partial charge in [-0.1, -0.05) is 0 Å². The van der Waals surface area contributed by atoms with Crippen molar-refractivity contribution in [1.82, 2.24) is 19.5 Å². The van der Waals surface area contributed by atoms with Crippen molar-refractivity contribution in [2.45, 2.75) is 6.92 Å². The van der Waals surface area contributed by atoms with Gasteiger partial charge in [0.25, 0.3) is 5.56 Å². The number of nitrogens with zero attached hydrogens (tertiary/aromatic N) is 1. The summed E-state index contributed by atoms with van der Waals surface area (Å²) in [5.41, 5.74) is -2.50. The number of hydrogen-bond donors (Lipinski definition) is 3. The van der Waals surface area contributed by atoms with Crippen molar-refractivity contribution >= 4 is 17.1 Å². The second-order valence-corrected chi connectivity index (χ2v) is 2.92. The Balaban J connectivity index is 3.09. The van der Waals surface area contributed by atoms with Gasteiger partial charge in [0.05, 0.1) is 0 Å². The molecule has 2 rings (SSSR count). The Bertz CT molecular complexity index is 713. The maximum absolute atomic E-state index is 11.5. The number of carbonyl (C=O) groups excluding carboxylic acids is 1. The number of aromatic nitrogens is 4. The minimum absolute atomic E-state index is 0.0208. The Kier molecular flexibility index (Phi) is 1.72. The van der Waals surface area contributed by atoms with Crippen molar-refractivity contribution in [1.29, 1.82) is 0 Å². The van der Waals surface area contributed by atoms with Crippen molar-refractivity contribution in [3.05, 3.63) is 31.3 Å². The van der Waals surface area contributed by atoms with E-state index in [4.69, 9.17) is 0 Å². The number of aromatic amines is 3. The molecule has 3 N–H and O–H groups in total. The van der Waals surface area contributed by atoms with Crippen LogP contribution in [0.2, 0.25) is 0 Å². The summed E-state index contributed by atoms with van der Waals surface area (Å²) < 4.78 is 0.409. The zero-order valence-electron chi connectivity index (χ0n) is 7.58. The van der Waals surface area contributed by atoms with E-state index < -0.39 is 22.8 Å². The van der Waals surface area contributed by atoms with Gasteiger partial charge in [0.2, 0.25) is 5.91 Å². The molecular formula is C7H6N4O4. The van der Waals surface area contributed by atoms with E-state index in [1.165, 1.54) is 0 Å². The average Bonchev–Trinajstić information content (AvgIpc) is 2.45. The third-order valence-electron chi connectivity index (χ3n) is 1.89. The first-order chi connectivity index (χ1) is 7.00. The van der Waals surface area contributed by atoms with Crippen molar-refractivity contribution in [2.24, 2.45) is 0 Å². The largest absolute Gasteiger partial charge is 0.336 e. The fraction of sp³-hybridized carbons (Fsp3) is 0.143. The van der Waals surface area contributed by atoms with Gasteiger partial charge in [0, 0.05) is 6.92 Å². The monoisotopic (exact) mass is 210 g/mol. The molecule has 0 radical (unpaired) electrons. The van der Waals surface area contributed by atoms with Gasteiger partial charge in [-0.25, -0.2) is 9.59 Å². The summed E-state index contributed by atoms with van der Waals surface area (Å²) in [4.78, 5) is 51.2. The quantitative estimate of drug-likeness (QED) is 0.483. The Morgan fingerprint density at radius 3 is 2.40 bits per heavy atom. The first kappa shape index (κ1) is 9.19. The molecule has 0 bridgehead atoms. The summed E-state index contributed by atoms with van der Waals surface area (Å²) in [5, 5.41) is 0. The SMILES string of the molecule is CC(=O)n1c(=O)[nH]c2[nH]c(=O)[nH]c2c1=O. The van der Waals surface area contributed by atoms with Crippen LogP contribution in [0.15, 0.2) is 14.4 Å². The molecule has 0 aliphatic carbocycles. The van der Waals surface area contributed by atoms with Gasteiger partial charge in [0.15, 0.2) is 5.52 Å². The molecule has 2 heterocycles. The van der Waals surface area contributed by atoms with Crippen LogP contribution in [0.25, 0.3) is 11.2 Å².